The molecule has 0 aromatic rings. The molecule has 0 amide bonds. The summed E-state index contributed by atoms with van der Waals surface area (Å²) in [6.45, 7) is 6.77. The average molecular weight is 253 g/mol. The van der Waals surface area contributed by atoms with Crippen LogP contribution in [0.15, 0.2) is 0 Å². The molecule has 0 spiro atoms. The van der Waals surface area contributed by atoms with Crippen molar-refractivity contribution in [2.24, 2.45) is 11.8 Å². The van der Waals surface area contributed by atoms with Gasteiger partial charge in [0.2, 0.25) is 0 Å². The van der Waals surface area contributed by atoms with Gasteiger partial charge in [-0.05, 0) is 50.4 Å². The topological polar surface area (TPSA) is 21.3 Å². The SMILES string of the molecule is CC(C)CC1CCCC(NCC2CCCCO2)C1. The Balaban J connectivity index is 1.65. The number of nitrogens with one attached hydrogen (secondary N) is 1. The molecule has 0 aromatic heterocycles. The second-order valence-corrected chi connectivity index (χ2v) is 6.76. The van der Waals surface area contributed by atoms with E-state index in [0.717, 1.165) is 31.0 Å². The largest absolute Gasteiger partial charge is 0.377 e. The first-order valence-electron chi connectivity index (χ1n) is 8.09. The molecule has 2 rings (SSSR count). The molecule has 1 aliphatic heterocycles. The van der Waals surface area contributed by atoms with Gasteiger partial charge in [0.05, 0.1) is 6.10 Å². The van der Waals surface area contributed by atoms with Gasteiger partial charge in [0, 0.05) is 19.2 Å². The van der Waals surface area contributed by atoms with Crippen LogP contribution in [0.2, 0.25) is 0 Å². The standard InChI is InChI=1S/C16H31NO/c1-13(2)10-14-6-5-7-15(11-14)17-12-16-8-3-4-9-18-16/h13-17H,3-12H2,1-2H3. The molecule has 3 unspecified atom stereocenters. The van der Waals surface area contributed by atoms with Crippen LogP contribution in [0.3, 0.4) is 0 Å². The van der Waals surface area contributed by atoms with Gasteiger partial charge in [-0.1, -0.05) is 26.7 Å². The van der Waals surface area contributed by atoms with E-state index in [-0.39, 0.29) is 0 Å². The van der Waals surface area contributed by atoms with Crippen LogP contribution in [0.4, 0.5) is 0 Å². The minimum atomic E-state index is 0.490. The molecular weight excluding hydrogens is 222 g/mol. The Morgan fingerprint density at radius 2 is 2.00 bits per heavy atom. The van der Waals surface area contributed by atoms with Gasteiger partial charge < -0.3 is 10.1 Å². The molecule has 1 N–H and O–H groups in total. The lowest BCUT2D eigenvalue weighted by Crippen LogP contribution is -2.40. The molecule has 1 saturated carbocycles. The van der Waals surface area contributed by atoms with E-state index in [9.17, 15) is 0 Å². The Bertz CT molecular complexity index is 223. The number of ether oxygens (including phenoxy) is 1. The van der Waals surface area contributed by atoms with Crippen molar-refractivity contribution in [2.75, 3.05) is 13.2 Å². The summed E-state index contributed by atoms with van der Waals surface area (Å²) in [5.74, 6) is 1.82. The first-order chi connectivity index (χ1) is 8.74. The Morgan fingerprint density at radius 3 is 2.72 bits per heavy atom. The van der Waals surface area contributed by atoms with Gasteiger partial charge >= 0.3 is 0 Å². The van der Waals surface area contributed by atoms with Crippen LogP contribution in [0.25, 0.3) is 0 Å². The molecular formula is C16H31NO. The summed E-state index contributed by atoms with van der Waals surface area (Å²) in [5, 5.41) is 3.77. The molecule has 106 valence electrons. The van der Waals surface area contributed by atoms with Crippen LogP contribution >= 0.6 is 0 Å². The molecule has 1 saturated heterocycles. The fraction of sp³-hybridized carbons (Fsp3) is 1.00. The van der Waals surface area contributed by atoms with E-state index >= 15 is 0 Å². The van der Waals surface area contributed by atoms with E-state index in [4.69, 9.17) is 4.74 Å². The van der Waals surface area contributed by atoms with Crippen LogP contribution in [0.1, 0.15) is 65.2 Å². The monoisotopic (exact) mass is 253 g/mol. The van der Waals surface area contributed by atoms with Gasteiger partial charge in [-0.3, -0.25) is 0 Å². The maximum atomic E-state index is 5.80. The molecule has 18 heavy (non-hydrogen) atoms. The van der Waals surface area contributed by atoms with E-state index in [1.807, 2.05) is 0 Å². The lowest BCUT2D eigenvalue weighted by molar-refractivity contribution is 0.0140. The molecule has 2 aliphatic rings. The quantitative estimate of drug-likeness (QED) is 0.805. The smallest absolute Gasteiger partial charge is 0.0699 e. The second kappa shape index (κ2) is 7.49. The van der Waals surface area contributed by atoms with Crippen LogP contribution in [0.5, 0.6) is 0 Å². The fourth-order valence-electron chi connectivity index (χ4n) is 3.62. The van der Waals surface area contributed by atoms with Gasteiger partial charge in [-0.2, -0.15) is 0 Å². The van der Waals surface area contributed by atoms with Crippen molar-refractivity contribution in [3.05, 3.63) is 0 Å². The summed E-state index contributed by atoms with van der Waals surface area (Å²) >= 11 is 0. The van der Waals surface area contributed by atoms with Crippen molar-refractivity contribution in [3.63, 3.8) is 0 Å². The highest BCUT2D eigenvalue weighted by Gasteiger charge is 2.23. The van der Waals surface area contributed by atoms with Crippen LogP contribution in [0, 0.1) is 11.8 Å². The minimum absolute atomic E-state index is 0.490. The molecule has 2 nitrogen and oxygen atoms in total. The van der Waals surface area contributed by atoms with Crippen molar-refractivity contribution in [3.8, 4) is 0 Å². The summed E-state index contributed by atoms with van der Waals surface area (Å²) in [7, 11) is 0. The molecule has 0 radical (unpaired) electrons. The van der Waals surface area contributed by atoms with Crippen molar-refractivity contribution in [2.45, 2.75) is 77.4 Å². The summed E-state index contributed by atoms with van der Waals surface area (Å²) in [6, 6.07) is 0.757. The first-order valence-corrected chi connectivity index (χ1v) is 8.09. The maximum Gasteiger partial charge on any atom is 0.0699 e. The van der Waals surface area contributed by atoms with E-state index in [1.165, 1.54) is 51.4 Å². The van der Waals surface area contributed by atoms with Crippen LogP contribution in [-0.4, -0.2) is 25.3 Å². The molecule has 0 aromatic carbocycles. The normalized spacial score (nSPS) is 33.8. The zero-order valence-corrected chi connectivity index (χ0v) is 12.3. The highest BCUT2D eigenvalue weighted by atomic mass is 16.5. The molecule has 0 bridgehead atoms. The summed E-state index contributed by atoms with van der Waals surface area (Å²) < 4.78 is 5.80. The van der Waals surface area contributed by atoms with E-state index < -0.39 is 0 Å². The Kier molecular flexibility index (Phi) is 5.97. The number of hydrogen-bond acceptors (Lipinski definition) is 2. The molecule has 2 heteroatoms. The third kappa shape index (κ3) is 4.89. The Morgan fingerprint density at radius 1 is 1.11 bits per heavy atom. The van der Waals surface area contributed by atoms with E-state index in [2.05, 4.69) is 19.2 Å². The summed E-state index contributed by atoms with van der Waals surface area (Å²) in [5.41, 5.74) is 0. The number of rotatable bonds is 5. The van der Waals surface area contributed by atoms with Gasteiger partial charge in [0.25, 0.3) is 0 Å². The number of hydrogen-bond donors (Lipinski definition) is 1. The van der Waals surface area contributed by atoms with E-state index in [0.29, 0.717) is 6.10 Å². The van der Waals surface area contributed by atoms with Gasteiger partial charge in [-0.25, -0.2) is 0 Å². The minimum Gasteiger partial charge on any atom is -0.377 e. The van der Waals surface area contributed by atoms with E-state index in [1.54, 1.807) is 0 Å². The lowest BCUT2D eigenvalue weighted by Gasteiger charge is -2.32. The highest BCUT2D eigenvalue weighted by Crippen LogP contribution is 2.29. The van der Waals surface area contributed by atoms with Crippen molar-refractivity contribution >= 4 is 0 Å². The van der Waals surface area contributed by atoms with Crippen LogP contribution < -0.4 is 5.32 Å². The third-order valence-corrected chi connectivity index (χ3v) is 4.50. The highest BCUT2D eigenvalue weighted by molar-refractivity contribution is 4.80. The summed E-state index contributed by atoms with van der Waals surface area (Å²) in [6.07, 6.45) is 11.4. The van der Waals surface area contributed by atoms with Crippen molar-refractivity contribution in [1.29, 1.82) is 0 Å². The zero-order chi connectivity index (χ0) is 12.8. The second-order valence-electron chi connectivity index (χ2n) is 6.76. The van der Waals surface area contributed by atoms with Crippen molar-refractivity contribution < 1.29 is 4.74 Å². The predicted molar refractivity (Wildman–Crippen MR) is 76.8 cm³/mol. The Labute approximate surface area is 113 Å². The molecule has 2 fully saturated rings. The zero-order valence-electron chi connectivity index (χ0n) is 12.3. The average Bonchev–Trinajstić information content (AvgIpc) is 2.37. The third-order valence-electron chi connectivity index (χ3n) is 4.50. The Hall–Kier alpha value is -0.0800. The molecule has 1 aliphatic carbocycles. The summed E-state index contributed by atoms with van der Waals surface area (Å²) in [4.78, 5) is 0. The molecule has 1 heterocycles. The fourth-order valence-corrected chi connectivity index (χ4v) is 3.62. The predicted octanol–water partition coefficient (Wildman–Crippen LogP) is 3.75. The molecule has 3 atom stereocenters. The maximum absolute atomic E-state index is 5.80. The first kappa shape index (κ1) is 14.3. The van der Waals surface area contributed by atoms with Gasteiger partial charge in [0.1, 0.15) is 0 Å². The van der Waals surface area contributed by atoms with Crippen LogP contribution in [-0.2, 0) is 4.74 Å². The van der Waals surface area contributed by atoms with Crippen molar-refractivity contribution in [1.82, 2.24) is 5.32 Å². The van der Waals surface area contributed by atoms with Gasteiger partial charge in [-0.15, -0.1) is 0 Å². The lowest BCUT2D eigenvalue weighted by atomic mass is 9.81. The van der Waals surface area contributed by atoms with Gasteiger partial charge in [0.15, 0.2) is 0 Å².